The number of nitrogens with one attached hydrogen (secondary N) is 1. The number of aliphatic hydroxyl groups is 1. The van der Waals surface area contributed by atoms with Crippen LogP contribution in [0, 0.1) is 0 Å². The zero-order valence-corrected chi connectivity index (χ0v) is 10.4. The Bertz CT molecular complexity index is 395. The fourth-order valence-electron chi connectivity index (χ4n) is 1.35. The number of aliphatic hydroxyl groups excluding tert-OH is 1. The molecule has 0 aliphatic rings. The first-order valence-electron chi connectivity index (χ1n) is 5.49. The van der Waals surface area contributed by atoms with E-state index in [1.165, 1.54) is 18.2 Å². The summed E-state index contributed by atoms with van der Waals surface area (Å²) in [6, 6.07) is 4.32. The minimum Gasteiger partial charge on any atom is -0.507 e. The number of phenols is 1. The first kappa shape index (κ1) is 13.8. The van der Waals surface area contributed by atoms with Crippen LogP contribution >= 0.6 is 11.6 Å². The van der Waals surface area contributed by atoms with Crippen molar-refractivity contribution in [3.63, 3.8) is 0 Å². The lowest BCUT2D eigenvalue weighted by Crippen LogP contribution is -2.27. The molecule has 0 aromatic heterocycles. The Kier molecular flexibility index (Phi) is 5.25. The van der Waals surface area contributed by atoms with Gasteiger partial charge in [-0.3, -0.25) is 4.79 Å². The van der Waals surface area contributed by atoms with Gasteiger partial charge in [0.15, 0.2) is 0 Å². The van der Waals surface area contributed by atoms with E-state index in [1.54, 1.807) is 0 Å². The highest BCUT2D eigenvalue weighted by atomic mass is 35.5. The van der Waals surface area contributed by atoms with Crippen LogP contribution in [-0.2, 0) is 0 Å². The number of aromatic hydroxyl groups is 1. The van der Waals surface area contributed by atoms with Gasteiger partial charge in [-0.05, 0) is 31.0 Å². The van der Waals surface area contributed by atoms with Gasteiger partial charge in [0.2, 0.25) is 0 Å². The molecule has 4 nitrogen and oxygen atoms in total. The third kappa shape index (κ3) is 4.24. The molecule has 1 rings (SSSR count). The summed E-state index contributed by atoms with van der Waals surface area (Å²) in [5.74, 6) is -0.520. The van der Waals surface area contributed by atoms with Crippen molar-refractivity contribution in [2.45, 2.75) is 25.9 Å². The van der Waals surface area contributed by atoms with E-state index in [9.17, 15) is 15.0 Å². The summed E-state index contributed by atoms with van der Waals surface area (Å²) in [6.07, 6.45) is 0.743. The SMILES string of the molecule is CCC(O)CCNC(=O)c1ccc(Cl)cc1O. The van der Waals surface area contributed by atoms with Gasteiger partial charge in [0.05, 0.1) is 11.7 Å². The Hall–Kier alpha value is -1.26. The summed E-state index contributed by atoms with van der Waals surface area (Å²) >= 11 is 5.66. The summed E-state index contributed by atoms with van der Waals surface area (Å²) in [6.45, 7) is 2.24. The lowest BCUT2D eigenvalue weighted by atomic mass is 10.1. The van der Waals surface area contributed by atoms with Crippen molar-refractivity contribution in [2.75, 3.05) is 6.54 Å². The topological polar surface area (TPSA) is 69.6 Å². The molecule has 0 saturated heterocycles. The number of amides is 1. The summed E-state index contributed by atoms with van der Waals surface area (Å²) in [4.78, 5) is 11.7. The van der Waals surface area contributed by atoms with Crippen LogP contribution in [0.15, 0.2) is 18.2 Å². The van der Waals surface area contributed by atoms with Crippen molar-refractivity contribution in [3.8, 4) is 5.75 Å². The minimum atomic E-state index is -0.408. The number of carbonyl (C=O) groups excluding carboxylic acids is 1. The number of phenolic OH excluding ortho intramolecular Hbond substituents is 1. The number of hydrogen-bond acceptors (Lipinski definition) is 3. The first-order valence-corrected chi connectivity index (χ1v) is 5.87. The molecule has 0 spiro atoms. The standard InChI is InChI=1S/C12H16ClNO3/c1-2-9(15)5-6-14-12(17)10-4-3-8(13)7-11(10)16/h3-4,7,9,15-16H,2,5-6H2,1H3,(H,14,17). The Morgan fingerprint density at radius 2 is 2.24 bits per heavy atom. The molecule has 1 unspecified atom stereocenters. The molecule has 1 amide bonds. The second-order valence-corrected chi connectivity index (χ2v) is 4.20. The molecule has 1 atom stereocenters. The zero-order chi connectivity index (χ0) is 12.8. The van der Waals surface area contributed by atoms with Gasteiger partial charge >= 0.3 is 0 Å². The third-order valence-electron chi connectivity index (χ3n) is 2.44. The van der Waals surface area contributed by atoms with Crippen LogP contribution in [-0.4, -0.2) is 28.8 Å². The molecule has 3 N–H and O–H groups in total. The molecule has 0 bridgehead atoms. The van der Waals surface area contributed by atoms with Gasteiger partial charge in [-0.1, -0.05) is 18.5 Å². The van der Waals surface area contributed by atoms with E-state index < -0.39 is 6.10 Å². The van der Waals surface area contributed by atoms with Crippen LogP contribution in [0.4, 0.5) is 0 Å². The monoisotopic (exact) mass is 257 g/mol. The van der Waals surface area contributed by atoms with E-state index in [0.717, 1.165) is 0 Å². The van der Waals surface area contributed by atoms with Crippen LogP contribution < -0.4 is 5.32 Å². The highest BCUT2D eigenvalue weighted by molar-refractivity contribution is 6.30. The average molecular weight is 258 g/mol. The molecule has 0 aliphatic carbocycles. The maximum atomic E-state index is 11.7. The molecule has 0 radical (unpaired) electrons. The largest absolute Gasteiger partial charge is 0.507 e. The molecule has 1 aromatic rings. The van der Waals surface area contributed by atoms with Gasteiger partial charge in [0.25, 0.3) is 5.91 Å². The van der Waals surface area contributed by atoms with Crippen molar-refractivity contribution in [1.82, 2.24) is 5.32 Å². The summed E-state index contributed by atoms with van der Waals surface area (Å²) < 4.78 is 0. The lowest BCUT2D eigenvalue weighted by Gasteiger charge is -2.09. The van der Waals surface area contributed by atoms with Crippen molar-refractivity contribution < 1.29 is 15.0 Å². The van der Waals surface area contributed by atoms with Crippen molar-refractivity contribution in [2.24, 2.45) is 0 Å². The van der Waals surface area contributed by atoms with E-state index in [4.69, 9.17) is 11.6 Å². The summed E-state index contributed by atoms with van der Waals surface area (Å²) in [5, 5.41) is 21.8. The minimum absolute atomic E-state index is 0.147. The third-order valence-corrected chi connectivity index (χ3v) is 2.67. The van der Waals surface area contributed by atoms with Crippen LogP contribution in [0.3, 0.4) is 0 Å². The fraction of sp³-hybridized carbons (Fsp3) is 0.417. The van der Waals surface area contributed by atoms with Crippen LogP contribution in [0.1, 0.15) is 30.1 Å². The number of benzene rings is 1. The van der Waals surface area contributed by atoms with Gasteiger partial charge in [0.1, 0.15) is 5.75 Å². The highest BCUT2D eigenvalue weighted by Crippen LogP contribution is 2.21. The quantitative estimate of drug-likeness (QED) is 0.755. The predicted molar refractivity (Wildman–Crippen MR) is 66.4 cm³/mol. The zero-order valence-electron chi connectivity index (χ0n) is 9.61. The number of halogens is 1. The van der Waals surface area contributed by atoms with Crippen molar-refractivity contribution in [1.29, 1.82) is 0 Å². The molecule has 94 valence electrons. The smallest absolute Gasteiger partial charge is 0.255 e. The Morgan fingerprint density at radius 3 is 2.82 bits per heavy atom. The van der Waals surface area contributed by atoms with Crippen LogP contribution in [0.5, 0.6) is 5.75 Å². The van der Waals surface area contributed by atoms with E-state index in [-0.39, 0.29) is 17.2 Å². The van der Waals surface area contributed by atoms with Crippen LogP contribution in [0.2, 0.25) is 5.02 Å². The Labute approximate surface area is 105 Å². The van der Waals surface area contributed by atoms with Gasteiger partial charge < -0.3 is 15.5 Å². The lowest BCUT2D eigenvalue weighted by molar-refractivity contribution is 0.0939. The number of rotatable bonds is 5. The van der Waals surface area contributed by atoms with Gasteiger partial charge in [0, 0.05) is 11.6 Å². The van der Waals surface area contributed by atoms with Gasteiger partial charge in [-0.2, -0.15) is 0 Å². The molecule has 0 fully saturated rings. The van der Waals surface area contributed by atoms with Crippen molar-refractivity contribution >= 4 is 17.5 Å². The molecule has 0 heterocycles. The fourth-order valence-corrected chi connectivity index (χ4v) is 1.51. The van der Waals surface area contributed by atoms with E-state index >= 15 is 0 Å². The molecular formula is C12H16ClNO3. The molecule has 0 aliphatic heterocycles. The molecule has 5 heteroatoms. The normalized spacial score (nSPS) is 12.2. The second kappa shape index (κ2) is 6.47. The first-order chi connectivity index (χ1) is 8.04. The Morgan fingerprint density at radius 1 is 1.53 bits per heavy atom. The summed E-state index contributed by atoms with van der Waals surface area (Å²) in [7, 11) is 0. The molecular weight excluding hydrogens is 242 g/mol. The van der Waals surface area contributed by atoms with E-state index in [2.05, 4.69) is 5.32 Å². The van der Waals surface area contributed by atoms with Crippen LogP contribution in [0.25, 0.3) is 0 Å². The predicted octanol–water partition coefficient (Wildman–Crippen LogP) is 1.94. The average Bonchev–Trinajstić information content (AvgIpc) is 2.28. The molecule has 17 heavy (non-hydrogen) atoms. The Balaban J connectivity index is 2.52. The maximum Gasteiger partial charge on any atom is 0.255 e. The molecule has 1 aromatic carbocycles. The number of hydrogen-bond donors (Lipinski definition) is 3. The van der Waals surface area contributed by atoms with Crippen molar-refractivity contribution in [3.05, 3.63) is 28.8 Å². The number of carbonyl (C=O) groups is 1. The van der Waals surface area contributed by atoms with E-state index in [0.29, 0.717) is 24.4 Å². The summed E-state index contributed by atoms with van der Waals surface area (Å²) in [5.41, 5.74) is 0.181. The maximum absolute atomic E-state index is 11.7. The van der Waals surface area contributed by atoms with E-state index in [1.807, 2.05) is 6.92 Å². The highest BCUT2D eigenvalue weighted by Gasteiger charge is 2.11. The second-order valence-electron chi connectivity index (χ2n) is 3.77. The van der Waals surface area contributed by atoms with Gasteiger partial charge in [-0.25, -0.2) is 0 Å². The molecule has 0 saturated carbocycles. The van der Waals surface area contributed by atoms with Gasteiger partial charge in [-0.15, -0.1) is 0 Å².